The molecule has 2 aromatic heterocycles. The first-order valence-electron chi connectivity index (χ1n) is 10.8. The Kier molecular flexibility index (Phi) is 4.95. The Morgan fingerprint density at radius 1 is 1.15 bits per heavy atom. The van der Waals surface area contributed by atoms with Crippen molar-refractivity contribution in [2.45, 2.75) is 37.6 Å². The number of hydrogen-bond donors (Lipinski definition) is 2. The van der Waals surface area contributed by atoms with Crippen LogP contribution in [-0.2, 0) is 9.59 Å². The van der Waals surface area contributed by atoms with E-state index >= 15 is 0 Å². The number of fused-ring (bicyclic) bond motifs is 1. The summed E-state index contributed by atoms with van der Waals surface area (Å²) in [5, 5.41) is 7.33. The van der Waals surface area contributed by atoms with E-state index in [1.165, 1.54) is 22.1 Å². The van der Waals surface area contributed by atoms with Crippen molar-refractivity contribution in [2.24, 2.45) is 0 Å². The number of benzene rings is 1. The van der Waals surface area contributed by atoms with Crippen LogP contribution in [0.3, 0.4) is 0 Å². The Hall–Kier alpha value is -4.02. The van der Waals surface area contributed by atoms with Crippen LogP contribution in [0.15, 0.2) is 41.6 Å². The number of likely N-dealkylation sites (N-methyl/N-ethyl adjacent to an activating group) is 1. The highest BCUT2D eigenvalue weighted by Gasteiger charge is 2.55. The molecule has 1 aromatic carbocycles. The van der Waals surface area contributed by atoms with Crippen molar-refractivity contribution in [2.75, 3.05) is 18.9 Å². The third-order valence-corrected chi connectivity index (χ3v) is 6.56. The average molecular weight is 449 g/mol. The lowest BCUT2D eigenvalue weighted by atomic mass is 9.81. The second-order valence-electron chi connectivity index (χ2n) is 8.42. The molecule has 1 saturated heterocycles. The van der Waals surface area contributed by atoms with Gasteiger partial charge in [-0.05, 0) is 25.0 Å². The first kappa shape index (κ1) is 20.9. The highest BCUT2D eigenvalue weighted by molar-refractivity contribution is 6.10. The second kappa shape index (κ2) is 7.84. The Morgan fingerprint density at radius 3 is 2.70 bits per heavy atom. The minimum Gasteiger partial charge on any atom is -0.323 e. The molecule has 5 rings (SSSR count). The zero-order valence-corrected chi connectivity index (χ0v) is 18.1. The SMILES string of the molecule is CN1C(=O)N(CC(=O)Nc2ccccc2-n2ncc3c(=O)[nH]cnc32)C(=O)C12CCCCC2. The highest BCUT2D eigenvalue weighted by atomic mass is 16.2. The Labute approximate surface area is 188 Å². The van der Waals surface area contributed by atoms with Gasteiger partial charge in [0.2, 0.25) is 5.91 Å². The molecule has 4 amide bonds. The number of nitrogens with one attached hydrogen (secondary N) is 2. The van der Waals surface area contributed by atoms with Gasteiger partial charge in [-0.25, -0.2) is 14.5 Å². The van der Waals surface area contributed by atoms with Crippen LogP contribution in [-0.4, -0.2) is 66.5 Å². The number of nitrogens with zero attached hydrogens (tertiary/aromatic N) is 5. The Bertz CT molecular complexity index is 1320. The van der Waals surface area contributed by atoms with Gasteiger partial charge in [-0.1, -0.05) is 31.4 Å². The lowest BCUT2D eigenvalue weighted by Crippen LogP contribution is -2.49. The van der Waals surface area contributed by atoms with Crippen LogP contribution in [0.2, 0.25) is 0 Å². The van der Waals surface area contributed by atoms with E-state index in [2.05, 4.69) is 20.4 Å². The van der Waals surface area contributed by atoms with Crippen LogP contribution in [0.1, 0.15) is 32.1 Å². The van der Waals surface area contributed by atoms with Crippen LogP contribution >= 0.6 is 0 Å². The van der Waals surface area contributed by atoms with Gasteiger partial charge >= 0.3 is 6.03 Å². The summed E-state index contributed by atoms with van der Waals surface area (Å²) in [6.07, 6.45) is 6.72. The molecule has 11 heteroatoms. The number of aromatic amines is 1. The molecule has 2 N–H and O–H groups in total. The van der Waals surface area contributed by atoms with Crippen molar-refractivity contribution in [1.82, 2.24) is 29.5 Å². The van der Waals surface area contributed by atoms with Crippen molar-refractivity contribution in [1.29, 1.82) is 0 Å². The number of anilines is 1. The maximum Gasteiger partial charge on any atom is 0.327 e. The van der Waals surface area contributed by atoms with Crippen LogP contribution in [0.5, 0.6) is 0 Å². The van der Waals surface area contributed by atoms with Crippen molar-refractivity contribution < 1.29 is 14.4 Å². The molecule has 3 aromatic rings. The smallest absolute Gasteiger partial charge is 0.323 e. The average Bonchev–Trinajstić information content (AvgIpc) is 3.32. The number of rotatable bonds is 4. The van der Waals surface area contributed by atoms with Gasteiger partial charge in [0.15, 0.2) is 5.65 Å². The highest BCUT2D eigenvalue weighted by Crippen LogP contribution is 2.39. The summed E-state index contributed by atoms with van der Waals surface area (Å²) in [6, 6.07) is 6.45. The number of H-pyrrole nitrogens is 1. The third-order valence-electron chi connectivity index (χ3n) is 6.56. The van der Waals surface area contributed by atoms with E-state index < -0.39 is 17.5 Å². The summed E-state index contributed by atoms with van der Waals surface area (Å²) < 4.78 is 1.46. The van der Waals surface area contributed by atoms with E-state index in [1.807, 2.05) is 0 Å². The van der Waals surface area contributed by atoms with Gasteiger partial charge in [0, 0.05) is 7.05 Å². The molecule has 0 bridgehead atoms. The maximum absolute atomic E-state index is 13.2. The summed E-state index contributed by atoms with van der Waals surface area (Å²) in [6.45, 7) is -0.379. The summed E-state index contributed by atoms with van der Waals surface area (Å²) in [4.78, 5) is 60.1. The summed E-state index contributed by atoms with van der Waals surface area (Å²) >= 11 is 0. The van der Waals surface area contributed by atoms with E-state index in [9.17, 15) is 19.2 Å². The largest absolute Gasteiger partial charge is 0.327 e. The fourth-order valence-corrected chi connectivity index (χ4v) is 4.80. The van der Waals surface area contributed by atoms with Crippen molar-refractivity contribution in [3.63, 3.8) is 0 Å². The molecular formula is C22H23N7O4. The number of hydrogen-bond acceptors (Lipinski definition) is 6. The monoisotopic (exact) mass is 449 g/mol. The topological polar surface area (TPSA) is 133 Å². The van der Waals surface area contributed by atoms with E-state index in [-0.39, 0.29) is 18.0 Å². The lowest BCUT2D eigenvalue weighted by molar-refractivity contribution is -0.136. The lowest BCUT2D eigenvalue weighted by Gasteiger charge is -2.35. The van der Waals surface area contributed by atoms with Gasteiger partial charge in [-0.2, -0.15) is 5.10 Å². The van der Waals surface area contributed by atoms with Gasteiger partial charge in [-0.3, -0.25) is 19.3 Å². The second-order valence-corrected chi connectivity index (χ2v) is 8.42. The van der Waals surface area contributed by atoms with E-state index in [1.54, 1.807) is 31.3 Å². The van der Waals surface area contributed by atoms with E-state index in [4.69, 9.17) is 0 Å². The number of amides is 4. The quantitative estimate of drug-likeness (QED) is 0.582. The van der Waals surface area contributed by atoms with Crippen LogP contribution in [0, 0.1) is 0 Å². The number of carbonyl (C=O) groups excluding carboxylic acids is 3. The molecule has 0 radical (unpaired) electrons. The molecule has 0 unspecified atom stereocenters. The molecular weight excluding hydrogens is 426 g/mol. The molecule has 1 saturated carbocycles. The van der Waals surface area contributed by atoms with Crippen molar-refractivity contribution >= 4 is 34.6 Å². The standard InChI is InChI=1S/C22H23N7O4/c1-27-21(33)28(20(32)22(27)9-5-2-6-10-22)12-17(30)26-15-7-3-4-8-16(15)29-18-14(11-25-29)19(31)24-13-23-18/h3-4,7-8,11,13H,2,5-6,9-10,12H2,1H3,(H,26,30)(H,23,24,31). The molecule has 33 heavy (non-hydrogen) atoms. The van der Waals surface area contributed by atoms with E-state index in [0.29, 0.717) is 35.2 Å². The molecule has 2 fully saturated rings. The summed E-state index contributed by atoms with van der Waals surface area (Å²) in [5.74, 6) is -0.813. The molecule has 1 aliphatic heterocycles. The maximum atomic E-state index is 13.2. The zero-order chi connectivity index (χ0) is 23.2. The predicted octanol–water partition coefficient (Wildman–Crippen LogP) is 1.64. The molecule has 170 valence electrons. The van der Waals surface area contributed by atoms with Crippen molar-refractivity contribution in [3.05, 3.63) is 47.1 Å². The number of aromatic nitrogens is 4. The predicted molar refractivity (Wildman–Crippen MR) is 119 cm³/mol. The molecule has 3 heterocycles. The fourth-order valence-electron chi connectivity index (χ4n) is 4.80. The first-order chi connectivity index (χ1) is 15.9. The molecule has 0 atom stereocenters. The first-order valence-corrected chi connectivity index (χ1v) is 10.8. The zero-order valence-electron chi connectivity index (χ0n) is 18.1. The number of carbonyl (C=O) groups is 3. The minimum absolute atomic E-state index is 0.306. The van der Waals surface area contributed by atoms with Gasteiger partial charge in [0.05, 0.1) is 23.9 Å². The van der Waals surface area contributed by atoms with Crippen LogP contribution in [0.4, 0.5) is 10.5 Å². The normalized spacial score (nSPS) is 17.8. The van der Waals surface area contributed by atoms with Crippen LogP contribution < -0.4 is 10.9 Å². The number of para-hydroxylation sites is 2. The Balaban J connectivity index is 1.39. The summed E-state index contributed by atoms with van der Waals surface area (Å²) in [7, 11) is 1.64. The van der Waals surface area contributed by atoms with Gasteiger partial charge in [0.25, 0.3) is 11.5 Å². The number of urea groups is 1. The van der Waals surface area contributed by atoms with Gasteiger partial charge < -0.3 is 15.2 Å². The Morgan fingerprint density at radius 2 is 1.91 bits per heavy atom. The molecule has 11 nitrogen and oxygen atoms in total. The number of imide groups is 1. The molecule has 1 spiro atoms. The third kappa shape index (κ3) is 3.27. The minimum atomic E-state index is -0.833. The molecule has 2 aliphatic rings. The van der Waals surface area contributed by atoms with E-state index in [0.717, 1.165) is 24.2 Å². The molecule has 1 aliphatic carbocycles. The summed E-state index contributed by atoms with van der Waals surface area (Å²) in [5.41, 5.74) is 0.0966. The fraction of sp³-hybridized carbons (Fsp3) is 0.364. The van der Waals surface area contributed by atoms with Crippen LogP contribution in [0.25, 0.3) is 16.7 Å². The van der Waals surface area contributed by atoms with Crippen molar-refractivity contribution in [3.8, 4) is 5.69 Å². The van der Waals surface area contributed by atoms with Gasteiger partial charge in [-0.15, -0.1) is 0 Å². The van der Waals surface area contributed by atoms with Gasteiger partial charge in [0.1, 0.15) is 17.5 Å².